The Morgan fingerprint density at radius 2 is 1.92 bits per heavy atom. The third kappa shape index (κ3) is 8.19. The average molecular weight is 543 g/mol. The van der Waals surface area contributed by atoms with Crippen molar-refractivity contribution in [3.63, 3.8) is 0 Å². The number of halogens is 2. The zero-order chi connectivity index (χ0) is 25.3. The van der Waals surface area contributed by atoms with Crippen molar-refractivity contribution in [2.45, 2.75) is 38.5 Å². The lowest BCUT2D eigenvalue weighted by atomic mass is 10.1. The number of nitrogens with one attached hydrogen (secondary N) is 1. The van der Waals surface area contributed by atoms with Crippen molar-refractivity contribution in [3.8, 4) is 17.0 Å². The van der Waals surface area contributed by atoms with E-state index in [9.17, 15) is 4.79 Å². The molecule has 1 fully saturated rings. The Morgan fingerprint density at radius 3 is 2.62 bits per heavy atom. The lowest BCUT2D eigenvalue weighted by Crippen LogP contribution is -2.29. The van der Waals surface area contributed by atoms with E-state index in [0.717, 1.165) is 60.9 Å². The van der Waals surface area contributed by atoms with E-state index in [-0.39, 0.29) is 18.3 Å². The van der Waals surface area contributed by atoms with Crippen LogP contribution in [0.5, 0.6) is 5.75 Å². The number of carbonyl (C=O) groups is 1. The Balaban J connectivity index is 0.00000380. The Kier molecular flexibility index (Phi) is 11.2. The molecule has 1 heterocycles. The largest absolute Gasteiger partial charge is 0.496 e. The van der Waals surface area contributed by atoms with Crippen molar-refractivity contribution in [2.75, 3.05) is 33.3 Å². The third-order valence-corrected chi connectivity index (χ3v) is 7.08. The predicted molar refractivity (Wildman–Crippen MR) is 154 cm³/mol. The number of carbonyl (C=O) groups excluding carboxylic acids is 1. The number of pyridine rings is 1. The van der Waals surface area contributed by atoms with E-state index in [1.165, 1.54) is 12.0 Å². The minimum atomic E-state index is -0.0238. The first-order chi connectivity index (χ1) is 17.6. The molecule has 0 saturated heterocycles. The van der Waals surface area contributed by atoms with Crippen LogP contribution >= 0.6 is 24.0 Å². The Morgan fingerprint density at radius 1 is 1.11 bits per heavy atom. The fourth-order valence-electron chi connectivity index (χ4n) is 4.86. The summed E-state index contributed by atoms with van der Waals surface area (Å²) < 4.78 is 5.56. The van der Waals surface area contributed by atoms with Crippen LogP contribution in [0.2, 0.25) is 5.02 Å². The van der Waals surface area contributed by atoms with Gasteiger partial charge in [0.05, 0.1) is 12.8 Å². The van der Waals surface area contributed by atoms with Crippen molar-refractivity contribution in [1.29, 1.82) is 0 Å². The highest BCUT2D eigenvalue weighted by molar-refractivity contribution is 6.30. The molecule has 1 amide bonds. The Bertz CT molecular complexity index is 1130. The number of nitrogens with zero attached hydrogens (tertiary/aromatic N) is 2. The van der Waals surface area contributed by atoms with Crippen LogP contribution in [0, 0.1) is 5.92 Å². The van der Waals surface area contributed by atoms with Gasteiger partial charge in [0.1, 0.15) is 5.75 Å². The van der Waals surface area contributed by atoms with Crippen LogP contribution in [0.3, 0.4) is 0 Å². The SMILES string of the molecule is CCCN(CCCCNC(=O)c1ccc(-c2ccccn2)cc1)CC1CC1c1cc(Cl)ccc1OC.Cl. The maximum Gasteiger partial charge on any atom is 0.251 e. The van der Waals surface area contributed by atoms with E-state index in [1.54, 1.807) is 13.3 Å². The van der Waals surface area contributed by atoms with E-state index in [1.807, 2.05) is 54.6 Å². The molecule has 0 aliphatic heterocycles. The molecule has 2 unspecified atom stereocenters. The van der Waals surface area contributed by atoms with Crippen LogP contribution in [0.15, 0.2) is 66.9 Å². The molecule has 1 aliphatic carbocycles. The predicted octanol–water partition coefficient (Wildman–Crippen LogP) is 6.86. The monoisotopic (exact) mass is 541 g/mol. The first-order valence-electron chi connectivity index (χ1n) is 12.9. The molecule has 4 rings (SSSR count). The number of aromatic nitrogens is 1. The molecule has 2 aromatic carbocycles. The van der Waals surface area contributed by atoms with Gasteiger partial charge < -0.3 is 15.0 Å². The molecule has 1 aromatic heterocycles. The highest BCUT2D eigenvalue weighted by Gasteiger charge is 2.40. The molecular weight excluding hydrogens is 505 g/mol. The molecule has 0 spiro atoms. The van der Waals surface area contributed by atoms with Gasteiger partial charge in [-0.25, -0.2) is 0 Å². The lowest BCUT2D eigenvalue weighted by Gasteiger charge is -2.22. The molecular formula is C30H37Cl2N3O2. The minimum Gasteiger partial charge on any atom is -0.496 e. The van der Waals surface area contributed by atoms with Crippen molar-refractivity contribution in [2.24, 2.45) is 5.92 Å². The summed E-state index contributed by atoms with van der Waals surface area (Å²) in [5, 5.41) is 3.84. The fourth-order valence-corrected chi connectivity index (χ4v) is 5.04. The second-order valence-electron chi connectivity index (χ2n) is 9.54. The summed E-state index contributed by atoms with van der Waals surface area (Å²) in [5.74, 6) is 2.10. The molecule has 37 heavy (non-hydrogen) atoms. The molecule has 1 aliphatic rings. The number of hydrogen-bond donors (Lipinski definition) is 1. The topological polar surface area (TPSA) is 54.5 Å². The Labute approximate surface area is 232 Å². The number of rotatable bonds is 13. The van der Waals surface area contributed by atoms with E-state index in [4.69, 9.17) is 16.3 Å². The summed E-state index contributed by atoms with van der Waals surface area (Å²) in [5.41, 5.74) is 3.83. The molecule has 1 N–H and O–H groups in total. The van der Waals surface area contributed by atoms with E-state index in [0.29, 0.717) is 23.9 Å². The van der Waals surface area contributed by atoms with Gasteiger partial charge >= 0.3 is 0 Å². The molecule has 3 aromatic rings. The van der Waals surface area contributed by atoms with Gasteiger partial charge in [-0.1, -0.05) is 36.7 Å². The summed E-state index contributed by atoms with van der Waals surface area (Å²) in [6.07, 6.45) is 6.14. The maximum atomic E-state index is 12.5. The van der Waals surface area contributed by atoms with Gasteiger partial charge in [-0.2, -0.15) is 0 Å². The summed E-state index contributed by atoms with van der Waals surface area (Å²) in [4.78, 5) is 19.5. The zero-order valence-corrected chi connectivity index (χ0v) is 23.2. The van der Waals surface area contributed by atoms with Crippen LogP contribution in [-0.4, -0.2) is 49.1 Å². The molecule has 0 radical (unpaired) electrons. The number of unbranched alkanes of at least 4 members (excludes halogenated alkanes) is 1. The maximum absolute atomic E-state index is 12.5. The van der Waals surface area contributed by atoms with Crippen molar-refractivity contribution in [1.82, 2.24) is 15.2 Å². The normalized spacial score (nSPS) is 16.2. The molecule has 1 saturated carbocycles. The fraction of sp³-hybridized carbons (Fsp3) is 0.400. The second-order valence-corrected chi connectivity index (χ2v) is 9.98. The summed E-state index contributed by atoms with van der Waals surface area (Å²) in [6, 6.07) is 19.4. The second kappa shape index (κ2) is 14.4. The number of benzene rings is 2. The zero-order valence-electron chi connectivity index (χ0n) is 21.7. The molecule has 5 nitrogen and oxygen atoms in total. The number of hydrogen-bond acceptors (Lipinski definition) is 4. The van der Waals surface area contributed by atoms with E-state index in [2.05, 4.69) is 28.2 Å². The van der Waals surface area contributed by atoms with Crippen LogP contribution < -0.4 is 10.1 Å². The smallest absolute Gasteiger partial charge is 0.251 e. The standard InChI is InChI=1S/C30H36ClN3O2.ClH/c1-3-17-34(21-24-19-26(24)27-20-25(31)13-14-29(27)36-2)18-7-6-16-33-30(35)23-11-9-22(10-12-23)28-8-4-5-15-32-28;/h4-5,8-15,20,24,26H,3,6-7,16-19,21H2,1-2H3,(H,33,35);1H. The number of methoxy groups -OCH3 is 1. The van der Waals surface area contributed by atoms with Gasteiger partial charge in [0.25, 0.3) is 5.91 Å². The van der Waals surface area contributed by atoms with Crippen molar-refractivity contribution in [3.05, 3.63) is 83.0 Å². The first-order valence-corrected chi connectivity index (χ1v) is 13.3. The van der Waals surface area contributed by atoms with Gasteiger partial charge in [-0.15, -0.1) is 12.4 Å². The van der Waals surface area contributed by atoms with Gasteiger partial charge in [-0.05, 0) is 98.6 Å². The van der Waals surface area contributed by atoms with Gasteiger partial charge in [0.2, 0.25) is 0 Å². The van der Waals surface area contributed by atoms with Crippen LogP contribution in [-0.2, 0) is 0 Å². The van der Waals surface area contributed by atoms with Crippen molar-refractivity contribution >= 4 is 29.9 Å². The van der Waals surface area contributed by atoms with Crippen LogP contribution in [0.1, 0.15) is 54.4 Å². The minimum absolute atomic E-state index is 0. The van der Waals surface area contributed by atoms with Crippen LogP contribution in [0.4, 0.5) is 0 Å². The molecule has 0 bridgehead atoms. The van der Waals surface area contributed by atoms with Crippen molar-refractivity contribution < 1.29 is 9.53 Å². The third-order valence-electron chi connectivity index (χ3n) is 6.84. The van der Waals surface area contributed by atoms with E-state index >= 15 is 0 Å². The summed E-state index contributed by atoms with van der Waals surface area (Å²) in [6.45, 7) is 6.18. The molecule has 2 atom stereocenters. The van der Waals surface area contributed by atoms with Gasteiger partial charge in [0, 0.05) is 35.4 Å². The van der Waals surface area contributed by atoms with Crippen LogP contribution in [0.25, 0.3) is 11.3 Å². The Hall–Kier alpha value is -2.60. The number of amides is 1. The lowest BCUT2D eigenvalue weighted by molar-refractivity contribution is 0.0952. The quantitative estimate of drug-likeness (QED) is 0.240. The summed E-state index contributed by atoms with van der Waals surface area (Å²) >= 11 is 6.24. The first kappa shape index (κ1) is 29.0. The molecule has 198 valence electrons. The highest BCUT2D eigenvalue weighted by atomic mass is 35.5. The van der Waals surface area contributed by atoms with Gasteiger partial charge in [0.15, 0.2) is 0 Å². The molecule has 7 heteroatoms. The highest BCUT2D eigenvalue weighted by Crippen LogP contribution is 2.51. The summed E-state index contributed by atoms with van der Waals surface area (Å²) in [7, 11) is 1.73. The number of ether oxygens (including phenoxy) is 1. The van der Waals surface area contributed by atoms with E-state index < -0.39 is 0 Å². The average Bonchev–Trinajstić information content (AvgIpc) is 3.68. The van der Waals surface area contributed by atoms with Gasteiger partial charge in [-0.3, -0.25) is 9.78 Å².